The molecule has 0 aliphatic rings. The van der Waals surface area contributed by atoms with Crippen molar-refractivity contribution in [2.24, 2.45) is 0 Å². The minimum absolute atomic E-state index is 0.813. The zero-order chi connectivity index (χ0) is 27.6. The Bertz CT molecular complexity index is 2400. The molecule has 0 aliphatic heterocycles. The van der Waals surface area contributed by atoms with Crippen molar-refractivity contribution in [3.63, 3.8) is 0 Å². The summed E-state index contributed by atoms with van der Waals surface area (Å²) >= 11 is 1.86. The average Bonchev–Trinajstić information content (AvgIpc) is 3.61. The molecule has 0 amide bonds. The van der Waals surface area contributed by atoms with Crippen LogP contribution in [0.5, 0.6) is 0 Å². The molecule has 0 unspecified atom stereocenters. The number of benzene rings is 4. The van der Waals surface area contributed by atoms with Crippen molar-refractivity contribution >= 4 is 64.1 Å². The third kappa shape index (κ3) is 3.44. The van der Waals surface area contributed by atoms with E-state index in [2.05, 4.69) is 99.5 Å². The van der Waals surface area contributed by atoms with Crippen LogP contribution in [-0.4, -0.2) is 19.5 Å². The van der Waals surface area contributed by atoms with Crippen molar-refractivity contribution in [3.8, 4) is 28.5 Å². The summed E-state index contributed by atoms with van der Waals surface area (Å²) in [6.07, 6.45) is 3.63. The van der Waals surface area contributed by atoms with Crippen LogP contribution in [0.4, 0.5) is 0 Å². The molecule has 5 heterocycles. The largest absolute Gasteiger partial charge is 0.308 e. The molecule has 0 bridgehead atoms. The average molecular weight is 555 g/mol. The van der Waals surface area contributed by atoms with Crippen molar-refractivity contribution in [2.75, 3.05) is 0 Å². The predicted octanol–water partition coefficient (Wildman–Crippen LogP) is 9.82. The molecule has 0 spiro atoms. The standard InChI is InChI=1S/C37H22N4S/c1-2-10-25-23(9-1)15-18-33-35(25)28-17-16-27-26-11-3-4-14-34(26)42-37(27)36(28)41(33)24-21-31(29-12-5-7-19-38-29)40-32(22-24)30-13-6-8-20-39-30/h1-22H. The van der Waals surface area contributed by atoms with E-state index in [0.717, 1.165) is 28.5 Å². The van der Waals surface area contributed by atoms with Crippen LogP contribution in [0.25, 0.3) is 81.2 Å². The SMILES string of the molecule is c1ccc(-c2cc(-n3c4ccc5ccccc5c4c4ccc5c6ccccc6sc5c43)cc(-c3ccccn3)n2)nc1. The highest BCUT2D eigenvalue weighted by molar-refractivity contribution is 7.26. The third-order valence-electron chi connectivity index (χ3n) is 8.08. The number of pyridine rings is 3. The molecule has 196 valence electrons. The maximum atomic E-state index is 5.06. The topological polar surface area (TPSA) is 43.6 Å². The Hall–Kier alpha value is -5.39. The van der Waals surface area contributed by atoms with Crippen LogP contribution in [-0.2, 0) is 0 Å². The molecule has 0 radical (unpaired) electrons. The molecule has 9 rings (SSSR count). The maximum absolute atomic E-state index is 5.06. The number of aromatic nitrogens is 4. The van der Waals surface area contributed by atoms with Gasteiger partial charge in [-0.3, -0.25) is 9.97 Å². The Kier molecular flexibility index (Phi) is 5.03. The third-order valence-corrected chi connectivity index (χ3v) is 9.28. The second-order valence-electron chi connectivity index (χ2n) is 10.5. The van der Waals surface area contributed by atoms with Crippen LogP contribution < -0.4 is 0 Å². The van der Waals surface area contributed by atoms with Gasteiger partial charge in [-0.2, -0.15) is 0 Å². The fourth-order valence-corrected chi connectivity index (χ4v) is 7.49. The molecule has 5 heteroatoms. The van der Waals surface area contributed by atoms with Crippen LogP contribution in [0.15, 0.2) is 134 Å². The summed E-state index contributed by atoms with van der Waals surface area (Å²) < 4.78 is 5.00. The number of nitrogens with zero attached hydrogens (tertiary/aromatic N) is 4. The van der Waals surface area contributed by atoms with E-state index in [-0.39, 0.29) is 0 Å². The molecule has 9 aromatic rings. The van der Waals surface area contributed by atoms with Crippen LogP contribution in [0.1, 0.15) is 0 Å². The highest BCUT2D eigenvalue weighted by Gasteiger charge is 2.21. The number of thiophene rings is 1. The molecule has 0 aliphatic carbocycles. The quantitative estimate of drug-likeness (QED) is 0.218. The van der Waals surface area contributed by atoms with Crippen LogP contribution in [0, 0.1) is 0 Å². The van der Waals surface area contributed by atoms with E-state index < -0.39 is 0 Å². The molecule has 0 fully saturated rings. The predicted molar refractivity (Wildman–Crippen MR) is 175 cm³/mol. The molecule has 0 N–H and O–H groups in total. The van der Waals surface area contributed by atoms with Gasteiger partial charge in [0.1, 0.15) is 0 Å². The van der Waals surface area contributed by atoms with E-state index in [1.54, 1.807) is 0 Å². The Morgan fingerprint density at radius 1 is 0.524 bits per heavy atom. The number of fused-ring (bicyclic) bond motifs is 9. The van der Waals surface area contributed by atoms with Crippen LogP contribution in [0.2, 0.25) is 0 Å². The van der Waals surface area contributed by atoms with E-state index in [9.17, 15) is 0 Å². The highest BCUT2D eigenvalue weighted by Crippen LogP contribution is 2.45. The van der Waals surface area contributed by atoms with Gasteiger partial charge in [0.05, 0.1) is 44.2 Å². The fourth-order valence-electron chi connectivity index (χ4n) is 6.25. The van der Waals surface area contributed by atoms with E-state index in [1.807, 2.05) is 60.1 Å². The first kappa shape index (κ1) is 23.3. The molecular formula is C37H22N4S. The minimum atomic E-state index is 0.813. The zero-order valence-corrected chi connectivity index (χ0v) is 23.2. The summed E-state index contributed by atoms with van der Waals surface area (Å²) in [7, 11) is 0. The normalized spacial score (nSPS) is 11.8. The lowest BCUT2D eigenvalue weighted by Crippen LogP contribution is -1.99. The summed E-state index contributed by atoms with van der Waals surface area (Å²) in [5.41, 5.74) is 6.70. The van der Waals surface area contributed by atoms with Crippen molar-refractivity contribution in [1.29, 1.82) is 0 Å². The first-order valence-electron chi connectivity index (χ1n) is 13.9. The van der Waals surface area contributed by atoms with Gasteiger partial charge in [0.25, 0.3) is 0 Å². The van der Waals surface area contributed by atoms with Gasteiger partial charge < -0.3 is 4.57 Å². The van der Waals surface area contributed by atoms with Crippen molar-refractivity contribution in [2.45, 2.75) is 0 Å². The molecular weight excluding hydrogens is 533 g/mol. The smallest absolute Gasteiger partial charge is 0.0915 e. The Morgan fingerprint density at radius 3 is 1.93 bits per heavy atom. The summed E-state index contributed by atoms with van der Waals surface area (Å²) in [6, 6.07) is 42.7. The Morgan fingerprint density at radius 2 is 1.19 bits per heavy atom. The van der Waals surface area contributed by atoms with Crippen LogP contribution in [0.3, 0.4) is 0 Å². The lowest BCUT2D eigenvalue weighted by atomic mass is 10.0. The minimum Gasteiger partial charge on any atom is -0.308 e. The first-order chi connectivity index (χ1) is 20.8. The van der Waals surface area contributed by atoms with E-state index in [1.165, 1.54) is 52.8 Å². The molecule has 5 aromatic heterocycles. The monoisotopic (exact) mass is 554 g/mol. The van der Waals surface area contributed by atoms with Crippen molar-refractivity contribution < 1.29 is 0 Å². The lowest BCUT2D eigenvalue weighted by Gasteiger charge is -2.13. The molecule has 42 heavy (non-hydrogen) atoms. The van der Waals surface area contributed by atoms with Crippen molar-refractivity contribution in [3.05, 3.63) is 134 Å². The van der Waals surface area contributed by atoms with Crippen LogP contribution >= 0.6 is 11.3 Å². The van der Waals surface area contributed by atoms with Gasteiger partial charge in [-0.15, -0.1) is 11.3 Å². The Labute approximate surface area is 245 Å². The highest BCUT2D eigenvalue weighted by atomic mass is 32.1. The lowest BCUT2D eigenvalue weighted by molar-refractivity contribution is 1.15. The second kappa shape index (κ2) is 9.06. The van der Waals surface area contributed by atoms with Gasteiger partial charge in [0, 0.05) is 38.6 Å². The molecule has 0 saturated heterocycles. The number of hydrogen-bond donors (Lipinski definition) is 0. The Balaban J connectivity index is 1.48. The van der Waals surface area contributed by atoms with Gasteiger partial charge in [-0.05, 0) is 59.3 Å². The van der Waals surface area contributed by atoms with Gasteiger partial charge in [-0.1, -0.05) is 72.8 Å². The first-order valence-corrected chi connectivity index (χ1v) is 14.8. The summed E-state index contributed by atoms with van der Waals surface area (Å²) in [6.45, 7) is 0. The van der Waals surface area contributed by atoms with Gasteiger partial charge in [0.15, 0.2) is 0 Å². The zero-order valence-electron chi connectivity index (χ0n) is 22.4. The molecule has 0 atom stereocenters. The summed E-state index contributed by atoms with van der Waals surface area (Å²) in [4.78, 5) is 14.4. The summed E-state index contributed by atoms with van der Waals surface area (Å²) in [5.74, 6) is 0. The molecule has 4 aromatic carbocycles. The van der Waals surface area contributed by atoms with E-state index in [4.69, 9.17) is 4.98 Å². The molecule has 0 saturated carbocycles. The van der Waals surface area contributed by atoms with Crippen molar-refractivity contribution in [1.82, 2.24) is 19.5 Å². The van der Waals surface area contributed by atoms with E-state index in [0.29, 0.717) is 0 Å². The number of hydrogen-bond acceptors (Lipinski definition) is 4. The fraction of sp³-hybridized carbons (Fsp3) is 0. The van der Waals surface area contributed by atoms with Gasteiger partial charge in [0.2, 0.25) is 0 Å². The number of rotatable bonds is 3. The van der Waals surface area contributed by atoms with E-state index >= 15 is 0 Å². The van der Waals surface area contributed by atoms with Gasteiger partial charge >= 0.3 is 0 Å². The molecule has 4 nitrogen and oxygen atoms in total. The van der Waals surface area contributed by atoms with Gasteiger partial charge in [-0.25, -0.2) is 4.98 Å². The summed E-state index contributed by atoms with van der Waals surface area (Å²) in [5, 5.41) is 7.57. The maximum Gasteiger partial charge on any atom is 0.0915 e. The second-order valence-corrected chi connectivity index (χ2v) is 11.5.